The Labute approximate surface area is 164 Å². The summed E-state index contributed by atoms with van der Waals surface area (Å²) in [5, 5.41) is 0. The monoisotopic (exact) mass is 384 g/mol. The van der Waals surface area contributed by atoms with E-state index in [-0.39, 0.29) is 12.7 Å². The van der Waals surface area contributed by atoms with Gasteiger partial charge in [0.15, 0.2) is 0 Å². The first-order valence-electron chi connectivity index (χ1n) is 8.92. The van der Waals surface area contributed by atoms with Crippen LogP contribution in [-0.2, 0) is 9.53 Å². The average molecular weight is 384 g/mol. The van der Waals surface area contributed by atoms with Crippen molar-refractivity contribution >= 4 is 11.9 Å². The fourth-order valence-electron chi connectivity index (χ4n) is 2.21. The maximum atomic E-state index is 12.2. The summed E-state index contributed by atoms with van der Waals surface area (Å²) in [6.07, 6.45) is 0.756. The molecule has 1 atom stereocenters. The van der Waals surface area contributed by atoms with E-state index >= 15 is 0 Å². The smallest absolute Gasteiger partial charge is 0.343 e. The van der Waals surface area contributed by atoms with Gasteiger partial charge in [-0.15, -0.1) is 0 Å². The Balaban J connectivity index is 1.86. The highest BCUT2D eigenvalue weighted by Gasteiger charge is 2.10. The zero-order valence-electron chi connectivity index (χ0n) is 16.2. The number of esters is 2. The Bertz CT molecular complexity index is 793. The number of ether oxygens (including phenoxy) is 4. The van der Waals surface area contributed by atoms with Crippen molar-refractivity contribution in [1.29, 1.82) is 0 Å². The topological polar surface area (TPSA) is 71.1 Å². The van der Waals surface area contributed by atoms with Crippen LogP contribution in [0.3, 0.4) is 0 Å². The molecule has 0 aromatic heterocycles. The number of benzene rings is 2. The number of hydrogen-bond acceptors (Lipinski definition) is 6. The predicted octanol–water partition coefficient (Wildman–Crippen LogP) is 4.19. The summed E-state index contributed by atoms with van der Waals surface area (Å²) in [5.74, 6) is 0.695. The lowest BCUT2D eigenvalue weighted by Gasteiger charge is -2.13. The van der Waals surface area contributed by atoms with E-state index in [2.05, 4.69) is 6.58 Å². The largest absolute Gasteiger partial charge is 0.491 e. The lowest BCUT2D eigenvalue weighted by Crippen LogP contribution is -2.20. The van der Waals surface area contributed by atoms with E-state index in [1.54, 1.807) is 55.5 Å². The molecule has 0 spiro atoms. The summed E-state index contributed by atoms with van der Waals surface area (Å²) in [5.41, 5.74) is 0.425. The maximum Gasteiger partial charge on any atom is 0.343 e. The van der Waals surface area contributed by atoms with E-state index in [4.69, 9.17) is 18.9 Å². The zero-order valence-corrected chi connectivity index (χ0v) is 16.2. The number of rotatable bonds is 9. The van der Waals surface area contributed by atoms with Crippen LogP contribution < -0.4 is 14.2 Å². The van der Waals surface area contributed by atoms with Crippen molar-refractivity contribution in [3.63, 3.8) is 0 Å². The first kappa shape index (κ1) is 21.0. The van der Waals surface area contributed by atoms with Gasteiger partial charge in [-0.3, -0.25) is 0 Å². The fraction of sp³-hybridized carbons (Fsp3) is 0.273. The highest BCUT2D eigenvalue weighted by Crippen LogP contribution is 2.20. The van der Waals surface area contributed by atoms with Gasteiger partial charge in [0.05, 0.1) is 11.7 Å². The van der Waals surface area contributed by atoms with Crippen LogP contribution in [0.2, 0.25) is 0 Å². The summed E-state index contributed by atoms with van der Waals surface area (Å²) in [7, 11) is 0. The minimum absolute atomic E-state index is 0.0653. The fourth-order valence-corrected chi connectivity index (χ4v) is 2.21. The molecule has 0 aliphatic carbocycles. The molecule has 0 N–H and O–H groups in total. The van der Waals surface area contributed by atoms with Crippen molar-refractivity contribution in [3.8, 4) is 17.2 Å². The highest BCUT2D eigenvalue weighted by atomic mass is 16.6. The lowest BCUT2D eigenvalue weighted by atomic mass is 10.2. The van der Waals surface area contributed by atoms with Crippen molar-refractivity contribution in [2.75, 3.05) is 6.61 Å². The molecule has 148 valence electrons. The van der Waals surface area contributed by atoms with E-state index in [0.717, 1.165) is 6.08 Å². The van der Waals surface area contributed by atoms with Crippen LogP contribution in [0.25, 0.3) is 0 Å². The van der Waals surface area contributed by atoms with Gasteiger partial charge >= 0.3 is 11.9 Å². The van der Waals surface area contributed by atoms with Gasteiger partial charge in [-0.25, -0.2) is 9.59 Å². The maximum absolute atomic E-state index is 12.2. The molecule has 6 heteroatoms. The van der Waals surface area contributed by atoms with Crippen molar-refractivity contribution in [2.24, 2.45) is 0 Å². The summed E-state index contributed by atoms with van der Waals surface area (Å²) >= 11 is 0. The van der Waals surface area contributed by atoms with Crippen LogP contribution in [0, 0.1) is 0 Å². The molecule has 0 saturated carbocycles. The molecule has 1 unspecified atom stereocenters. The van der Waals surface area contributed by atoms with Crippen molar-refractivity contribution < 1.29 is 28.5 Å². The van der Waals surface area contributed by atoms with Crippen LogP contribution in [0.15, 0.2) is 61.2 Å². The third-order valence-electron chi connectivity index (χ3n) is 3.46. The van der Waals surface area contributed by atoms with E-state index in [0.29, 0.717) is 22.8 Å². The summed E-state index contributed by atoms with van der Waals surface area (Å²) in [4.78, 5) is 23.3. The van der Waals surface area contributed by atoms with Gasteiger partial charge in [0.25, 0.3) is 0 Å². The summed E-state index contributed by atoms with van der Waals surface area (Å²) in [6, 6.07) is 13.4. The van der Waals surface area contributed by atoms with E-state index in [9.17, 15) is 9.59 Å². The molecular formula is C22H24O6. The van der Waals surface area contributed by atoms with Gasteiger partial charge in [-0.2, -0.15) is 0 Å². The average Bonchev–Trinajstić information content (AvgIpc) is 2.67. The summed E-state index contributed by atoms with van der Waals surface area (Å²) in [6.45, 7) is 9.12. The molecule has 2 rings (SSSR count). The van der Waals surface area contributed by atoms with Crippen LogP contribution in [-0.4, -0.2) is 30.8 Å². The Morgan fingerprint density at radius 2 is 1.50 bits per heavy atom. The second-order valence-corrected chi connectivity index (χ2v) is 6.31. The predicted molar refractivity (Wildman–Crippen MR) is 105 cm³/mol. The highest BCUT2D eigenvalue weighted by molar-refractivity contribution is 5.91. The Morgan fingerprint density at radius 3 is 2.07 bits per heavy atom. The van der Waals surface area contributed by atoms with Gasteiger partial charge in [0.2, 0.25) is 0 Å². The SMILES string of the molecule is C=CC(=O)OC(C)COc1ccc(OC(=O)c2ccc(OC(C)C)cc2)cc1. The number of carbonyl (C=O) groups is 2. The third-order valence-corrected chi connectivity index (χ3v) is 3.46. The molecule has 0 heterocycles. The standard InChI is InChI=1S/C22H24O6/c1-5-21(23)27-16(4)14-25-18-10-12-20(13-11-18)28-22(24)17-6-8-19(9-7-17)26-15(2)3/h5-13,15-16H,1,14H2,2-4H3. The molecule has 2 aromatic rings. The van der Waals surface area contributed by atoms with E-state index in [1.807, 2.05) is 13.8 Å². The molecule has 0 fully saturated rings. The molecule has 0 saturated heterocycles. The molecule has 0 aliphatic rings. The first-order valence-corrected chi connectivity index (χ1v) is 8.92. The van der Waals surface area contributed by atoms with Gasteiger partial charge in [0, 0.05) is 6.08 Å². The number of hydrogen-bond donors (Lipinski definition) is 0. The lowest BCUT2D eigenvalue weighted by molar-refractivity contribution is -0.143. The van der Waals surface area contributed by atoms with Crippen LogP contribution in [0.1, 0.15) is 31.1 Å². The second-order valence-electron chi connectivity index (χ2n) is 6.31. The van der Waals surface area contributed by atoms with Crippen LogP contribution in [0.5, 0.6) is 17.2 Å². The molecular weight excluding hydrogens is 360 g/mol. The molecule has 6 nitrogen and oxygen atoms in total. The van der Waals surface area contributed by atoms with Gasteiger partial charge < -0.3 is 18.9 Å². The molecule has 0 aliphatic heterocycles. The minimum atomic E-state index is -0.498. The van der Waals surface area contributed by atoms with Crippen molar-refractivity contribution in [2.45, 2.75) is 33.0 Å². The van der Waals surface area contributed by atoms with Gasteiger partial charge in [-0.05, 0) is 69.3 Å². The van der Waals surface area contributed by atoms with Gasteiger partial charge in [0.1, 0.15) is 30.0 Å². The van der Waals surface area contributed by atoms with Crippen molar-refractivity contribution in [3.05, 3.63) is 66.7 Å². The van der Waals surface area contributed by atoms with Crippen molar-refractivity contribution in [1.82, 2.24) is 0 Å². The molecule has 2 aromatic carbocycles. The Morgan fingerprint density at radius 1 is 0.929 bits per heavy atom. The molecule has 0 amide bonds. The zero-order chi connectivity index (χ0) is 20.5. The summed E-state index contributed by atoms with van der Waals surface area (Å²) < 4.78 is 21.5. The normalized spacial score (nSPS) is 11.4. The minimum Gasteiger partial charge on any atom is -0.491 e. The number of carbonyl (C=O) groups excluding carboxylic acids is 2. The Hall–Kier alpha value is -3.28. The van der Waals surface area contributed by atoms with Gasteiger partial charge in [-0.1, -0.05) is 6.58 Å². The third kappa shape index (κ3) is 6.79. The first-order chi connectivity index (χ1) is 13.4. The quantitative estimate of drug-likeness (QED) is 0.367. The Kier molecular flexibility index (Phi) is 7.63. The van der Waals surface area contributed by atoms with E-state index < -0.39 is 18.0 Å². The van der Waals surface area contributed by atoms with E-state index in [1.165, 1.54) is 0 Å². The second kappa shape index (κ2) is 10.2. The molecule has 0 bridgehead atoms. The van der Waals surface area contributed by atoms with Crippen LogP contribution >= 0.6 is 0 Å². The van der Waals surface area contributed by atoms with Crippen LogP contribution in [0.4, 0.5) is 0 Å². The molecule has 28 heavy (non-hydrogen) atoms. The molecule has 0 radical (unpaired) electrons.